The zero-order valence-corrected chi connectivity index (χ0v) is 19.0. The Hall–Kier alpha value is -3.63. The number of anilines is 3. The van der Waals surface area contributed by atoms with Crippen LogP contribution in [0.2, 0.25) is 0 Å². The standard InChI is InChI=1S/C22H21N5O3S2/c1-26-15-14-23-21(26)19-12-13-20(31-19)32(29,30)27(2)18-10-8-17(9-11-18)25-22(28)24-16-6-4-3-5-7-16/h3-15H,1-2H3,(H2,24,25,28). The van der Waals surface area contributed by atoms with E-state index in [2.05, 4.69) is 15.6 Å². The molecule has 0 fully saturated rings. The third kappa shape index (κ3) is 4.51. The average Bonchev–Trinajstić information content (AvgIpc) is 3.43. The minimum atomic E-state index is -3.74. The molecule has 0 spiro atoms. The van der Waals surface area contributed by atoms with Crippen molar-refractivity contribution < 1.29 is 13.2 Å². The first-order chi connectivity index (χ1) is 15.3. The number of aromatic nitrogens is 2. The van der Waals surface area contributed by atoms with Gasteiger partial charge in [-0.3, -0.25) is 4.31 Å². The number of rotatable bonds is 6. The van der Waals surface area contributed by atoms with Crippen molar-refractivity contribution in [1.29, 1.82) is 0 Å². The number of aryl methyl sites for hydroxylation is 1. The number of sulfonamides is 1. The fraction of sp³-hybridized carbons (Fsp3) is 0.0909. The summed E-state index contributed by atoms with van der Waals surface area (Å²) in [5.41, 5.74) is 1.69. The Morgan fingerprint density at radius 1 is 0.969 bits per heavy atom. The number of imidazole rings is 1. The van der Waals surface area contributed by atoms with Gasteiger partial charge in [0.25, 0.3) is 10.0 Å². The van der Waals surface area contributed by atoms with E-state index in [1.165, 1.54) is 22.7 Å². The quantitative estimate of drug-likeness (QED) is 0.433. The number of hydrogen-bond acceptors (Lipinski definition) is 5. The summed E-state index contributed by atoms with van der Waals surface area (Å²) >= 11 is 1.17. The molecule has 0 unspecified atom stereocenters. The van der Waals surface area contributed by atoms with Gasteiger partial charge in [-0.25, -0.2) is 18.2 Å². The lowest BCUT2D eigenvalue weighted by molar-refractivity contribution is 0.262. The maximum atomic E-state index is 13.1. The number of nitrogens with zero attached hydrogens (tertiary/aromatic N) is 3. The van der Waals surface area contributed by atoms with E-state index in [-0.39, 0.29) is 10.2 Å². The van der Waals surface area contributed by atoms with Gasteiger partial charge in [0.15, 0.2) is 0 Å². The monoisotopic (exact) mass is 467 g/mol. The molecule has 2 amide bonds. The summed E-state index contributed by atoms with van der Waals surface area (Å²) < 4.78 is 29.5. The van der Waals surface area contributed by atoms with Gasteiger partial charge >= 0.3 is 6.03 Å². The molecular weight excluding hydrogens is 446 g/mol. The van der Waals surface area contributed by atoms with Crippen LogP contribution >= 0.6 is 11.3 Å². The SMILES string of the molecule is CN(c1ccc(NC(=O)Nc2ccccc2)cc1)S(=O)(=O)c1ccc(-c2nccn2C)s1. The number of benzene rings is 2. The summed E-state index contributed by atoms with van der Waals surface area (Å²) in [5.74, 6) is 0.711. The number of hydrogen-bond donors (Lipinski definition) is 2. The van der Waals surface area contributed by atoms with Gasteiger partial charge in [0.1, 0.15) is 10.0 Å². The lowest BCUT2D eigenvalue weighted by Gasteiger charge is -2.19. The molecule has 2 N–H and O–H groups in total. The van der Waals surface area contributed by atoms with E-state index < -0.39 is 10.0 Å². The van der Waals surface area contributed by atoms with Gasteiger partial charge in [0, 0.05) is 37.9 Å². The van der Waals surface area contributed by atoms with Crippen molar-refractivity contribution in [3.63, 3.8) is 0 Å². The molecule has 0 radical (unpaired) electrons. The van der Waals surface area contributed by atoms with Crippen molar-refractivity contribution in [2.24, 2.45) is 7.05 Å². The van der Waals surface area contributed by atoms with Gasteiger partial charge < -0.3 is 15.2 Å². The highest BCUT2D eigenvalue weighted by Gasteiger charge is 2.24. The third-order valence-electron chi connectivity index (χ3n) is 4.76. The number of amides is 2. The van der Waals surface area contributed by atoms with E-state index in [0.29, 0.717) is 22.9 Å². The Morgan fingerprint density at radius 2 is 1.62 bits per heavy atom. The van der Waals surface area contributed by atoms with Crippen LogP contribution in [0.3, 0.4) is 0 Å². The first kappa shape index (κ1) is 21.6. The highest BCUT2D eigenvalue weighted by Crippen LogP contribution is 2.32. The number of para-hydroxylation sites is 1. The van der Waals surface area contributed by atoms with E-state index in [9.17, 15) is 13.2 Å². The fourth-order valence-corrected chi connectivity index (χ4v) is 5.74. The maximum absolute atomic E-state index is 13.1. The molecule has 0 atom stereocenters. The fourth-order valence-electron chi connectivity index (χ4n) is 3.03. The highest BCUT2D eigenvalue weighted by atomic mass is 32.2. The average molecular weight is 468 g/mol. The van der Waals surface area contributed by atoms with Crippen molar-refractivity contribution in [3.05, 3.63) is 79.1 Å². The minimum Gasteiger partial charge on any atom is -0.333 e. The van der Waals surface area contributed by atoms with E-state index in [1.54, 1.807) is 54.7 Å². The number of carbonyl (C=O) groups is 1. The van der Waals surface area contributed by atoms with Gasteiger partial charge in [-0.05, 0) is 48.5 Å². The predicted octanol–water partition coefficient (Wildman–Crippen LogP) is 4.62. The van der Waals surface area contributed by atoms with Crippen LogP contribution in [0.25, 0.3) is 10.7 Å². The van der Waals surface area contributed by atoms with Gasteiger partial charge in [0.05, 0.1) is 10.6 Å². The zero-order valence-electron chi connectivity index (χ0n) is 17.4. The van der Waals surface area contributed by atoms with Crippen LogP contribution in [-0.4, -0.2) is 31.0 Å². The second-order valence-electron chi connectivity index (χ2n) is 6.94. The van der Waals surface area contributed by atoms with E-state index >= 15 is 0 Å². The number of carbonyl (C=O) groups excluding carboxylic acids is 1. The molecule has 4 rings (SSSR count). The number of thiophene rings is 1. The molecule has 32 heavy (non-hydrogen) atoms. The first-order valence-electron chi connectivity index (χ1n) is 9.64. The molecule has 4 aromatic rings. The van der Waals surface area contributed by atoms with E-state index in [0.717, 1.165) is 4.88 Å². The van der Waals surface area contributed by atoms with Crippen molar-refractivity contribution in [2.45, 2.75) is 4.21 Å². The lowest BCUT2D eigenvalue weighted by Crippen LogP contribution is -2.25. The Balaban J connectivity index is 1.46. The summed E-state index contributed by atoms with van der Waals surface area (Å²) in [6.07, 6.45) is 3.48. The van der Waals surface area contributed by atoms with Crippen molar-refractivity contribution >= 4 is 44.5 Å². The van der Waals surface area contributed by atoms with Crippen LogP contribution in [0.5, 0.6) is 0 Å². The molecular formula is C22H21N5O3S2. The van der Waals surface area contributed by atoms with Gasteiger partial charge in [0.2, 0.25) is 0 Å². The van der Waals surface area contributed by atoms with Gasteiger partial charge in [-0.1, -0.05) is 18.2 Å². The van der Waals surface area contributed by atoms with E-state index in [1.807, 2.05) is 36.0 Å². The summed E-state index contributed by atoms with van der Waals surface area (Å²) in [6.45, 7) is 0. The Bertz CT molecular complexity index is 1330. The zero-order chi connectivity index (χ0) is 22.7. The Kier molecular flexibility index (Phi) is 5.97. The van der Waals surface area contributed by atoms with Crippen LogP contribution in [0, 0.1) is 0 Å². The maximum Gasteiger partial charge on any atom is 0.323 e. The predicted molar refractivity (Wildman–Crippen MR) is 128 cm³/mol. The summed E-state index contributed by atoms with van der Waals surface area (Å²) in [6, 6.07) is 18.6. The molecule has 0 saturated carbocycles. The third-order valence-corrected chi connectivity index (χ3v) is 8.09. The van der Waals surface area contributed by atoms with E-state index in [4.69, 9.17) is 0 Å². The van der Waals surface area contributed by atoms with Gasteiger partial charge in [-0.15, -0.1) is 11.3 Å². The minimum absolute atomic E-state index is 0.224. The summed E-state index contributed by atoms with van der Waals surface area (Å²) in [5, 5.41) is 5.46. The smallest absolute Gasteiger partial charge is 0.323 e. The van der Waals surface area contributed by atoms with Crippen molar-refractivity contribution in [2.75, 3.05) is 22.0 Å². The van der Waals surface area contributed by atoms with Crippen LogP contribution in [0.4, 0.5) is 21.9 Å². The second kappa shape index (κ2) is 8.85. The second-order valence-corrected chi connectivity index (χ2v) is 10.2. The molecule has 0 saturated heterocycles. The highest BCUT2D eigenvalue weighted by molar-refractivity contribution is 7.94. The van der Waals surface area contributed by atoms with Crippen LogP contribution in [0.15, 0.2) is 83.3 Å². The molecule has 8 nitrogen and oxygen atoms in total. The van der Waals surface area contributed by atoms with Crippen molar-refractivity contribution in [1.82, 2.24) is 9.55 Å². The van der Waals surface area contributed by atoms with Crippen molar-refractivity contribution in [3.8, 4) is 10.7 Å². The normalized spacial score (nSPS) is 11.2. The molecule has 0 aliphatic rings. The van der Waals surface area contributed by atoms with Gasteiger partial charge in [-0.2, -0.15) is 0 Å². The Morgan fingerprint density at radius 3 is 2.25 bits per heavy atom. The summed E-state index contributed by atoms with van der Waals surface area (Å²) in [4.78, 5) is 17.2. The lowest BCUT2D eigenvalue weighted by atomic mass is 10.3. The number of nitrogens with one attached hydrogen (secondary N) is 2. The molecule has 164 valence electrons. The molecule has 10 heteroatoms. The van der Waals surface area contributed by atoms with Crippen LogP contribution < -0.4 is 14.9 Å². The summed E-state index contributed by atoms with van der Waals surface area (Å²) in [7, 11) is -0.377. The molecule has 2 aromatic carbocycles. The van der Waals surface area contributed by atoms with Crippen LogP contribution in [0.1, 0.15) is 0 Å². The molecule has 2 heterocycles. The number of urea groups is 1. The topological polar surface area (TPSA) is 96.3 Å². The van der Waals surface area contributed by atoms with Crippen LogP contribution in [-0.2, 0) is 17.1 Å². The largest absolute Gasteiger partial charge is 0.333 e. The Labute approximate surface area is 190 Å². The first-order valence-corrected chi connectivity index (χ1v) is 11.9. The molecule has 0 bridgehead atoms. The molecule has 2 aromatic heterocycles. The molecule has 0 aliphatic carbocycles. The molecule has 0 aliphatic heterocycles.